The van der Waals surface area contributed by atoms with Crippen LogP contribution >= 0.6 is 11.3 Å². The number of thiazole rings is 1. The van der Waals surface area contributed by atoms with Gasteiger partial charge in [-0.25, -0.2) is 4.98 Å². The van der Waals surface area contributed by atoms with Crippen molar-refractivity contribution in [3.8, 4) is 21.8 Å². The molecule has 0 spiro atoms. The Morgan fingerprint density at radius 3 is 2.00 bits per heavy atom. The molecule has 1 aromatic heterocycles. The second-order valence-electron chi connectivity index (χ2n) is 4.48. The lowest BCUT2D eigenvalue weighted by Crippen LogP contribution is -1.91. The molecule has 2 nitrogen and oxygen atoms in total. The number of nitrogens with zero attached hydrogens (tertiary/aromatic N) is 1. The Morgan fingerprint density at radius 1 is 0.900 bits per heavy atom. The van der Waals surface area contributed by atoms with Crippen LogP contribution in [0.3, 0.4) is 0 Å². The Hall–Kier alpha value is -2.26. The van der Waals surface area contributed by atoms with Crippen molar-refractivity contribution in [2.75, 3.05) is 0 Å². The molecule has 0 aliphatic heterocycles. The lowest BCUT2D eigenvalue weighted by atomic mass is 10.1. The van der Waals surface area contributed by atoms with Crippen LogP contribution in [0.5, 0.6) is 0 Å². The van der Waals surface area contributed by atoms with Gasteiger partial charge in [0.1, 0.15) is 5.01 Å². The van der Waals surface area contributed by atoms with E-state index in [1.165, 1.54) is 11.3 Å². The van der Waals surface area contributed by atoms with Gasteiger partial charge in [0, 0.05) is 18.1 Å². The first-order valence-corrected chi connectivity index (χ1v) is 7.20. The molecule has 0 fully saturated rings. The second-order valence-corrected chi connectivity index (χ2v) is 5.48. The molecule has 1 heterocycles. The molecule has 0 atom stereocenters. The molecule has 0 bridgehead atoms. The normalized spacial score (nSPS) is 10.4. The molecule has 0 aliphatic rings. The summed E-state index contributed by atoms with van der Waals surface area (Å²) in [6.07, 6.45) is 0. The molecule has 0 N–H and O–H groups in total. The SMILES string of the molecule is CC(=O)c1sc(-c2ccccc2)nc1-c1ccccc1. The highest BCUT2D eigenvalue weighted by molar-refractivity contribution is 7.17. The zero-order chi connectivity index (χ0) is 13.9. The molecule has 3 aromatic rings. The molecular formula is C17H13NOS. The molecule has 0 aliphatic carbocycles. The van der Waals surface area contributed by atoms with E-state index in [1.54, 1.807) is 6.92 Å². The zero-order valence-electron chi connectivity index (χ0n) is 11.0. The molecule has 0 unspecified atom stereocenters. The van der Waals surface area contributed by atoms with E-state index in [9.17, 15) is 4.79 Å². The van der Waals surface area contributed by atoms with Crippen molar-refractivity contribution in [3.05, 3.63) is 65.5 Å². The van der Waals surface area contributed by atoms with Gasteiger partial charge in [-0.2, -0.15) is 0 Å². The number of carbonyl (C=O) groups is 1. The van der Waals surface area contributed by atoms with Gasteiger partial charge in [0.05, 0.1) is 10.6 Å². The van der Waals surface area contributed by atoms with Crippen molar-refractivity contribution in [1.29, 1.82) is 0 Å². The standard InChI is InChI=1S/C17H13NOS/c1-12(19)16-15(13-8-4-2-5-9-13)18-17(20-16)14-10-6-3-7-11-14/h2-11H,1H3. The van der Waals surface area contributed by atoms with Crippen molar-refractivity contribution in [2.24, 2.45) is 0 Å². The maximum absolute atomic E-state index is 11.9. The van der Waals surface area contributed by atoms with Crippen LogP contribution < -0.4 is 0 Å². The highest BCUT2D eigenvalue weighted by Gasteiger charge is 2.17. The average Bonchev–Trinajstić information content (AvgIpc) is 2.94. The topological polar surface area (TPSA) is 30.0 Å². The largest absolute Gasteiger partial charge is 0.294 e. The predicted molar refractivity (Wildman–Crippen MR) is 83.0 cm³/mol. The van der Waals surface area contributed by atoms with Crippen LogP contribution in [-0.4, -0.2) is 10.8 Å². The van der Waals surface area contributed by atoms with Gasteiger partial charge in [-0.3, -0.25) is 4.79 Å². The number of hydrogen-bond acceptors (Lipinski definition) is 3. The fourth-order valence-electron chi connectivity index (χ4n) is 2.05. The number of ketones is 1. The molecule has 0 radical (unpaired) electrons. The second kappa shape index (κ2) is 5.39. The van der Waals surface area contributed by atoms with Crippen LogP contribution in [0.2, 0.25) is 0 Å². The summed E-state index contributed by atoms with van der Waals surface area (Å²) >= 11 is 1.45. The van der Waals surface area contributed by atoms with E-state index in [2.05, 4.69) is 4.98 Å². The van der Waals surface area contributed by atoms with Crippen LogP contribution in [0.25, 0.3) is 21.8 Å². The molecule has 3 rings (SSSR count). The van der Waals surface area contributed by atoms with Gasteiger partial charge in [0.25, 0.3) is 0 Å². The van der Waals surface area contributed by atoms with Gasteiger partial charge >= 0.3 is 0 Å². The first-order valence-electron chi connectivity index (χ1n) is 6.38. The van der Waals surface area contributed by atoms with Crippen molar-refractivity contribution in [2.45, 2.75) is 6.92 Å². The molecule has 98 valence electrons. The van der Waals surface area contributed by atoms with E-state index in [-0.39, 0.29) is 5.78 Å². The van der Waals surface area contributed by atoms with E-state index >= 15 is 0 Å². The van der Waals surface area contributed by atoms with Gasteiger partial charge in [0.15, 0.2) is 5.78 Å². The number of hydrogen-bond donors (Lipinski definition) is 0. The van der Waals surface area contributed by atoms with Crippen LogP contribution in [-0.2, 0) is 0 Å². The Balaban J connectivity index is 2.15. The minimum Gasteiger partial charge on any atom is -0.294 e. The molecule has 2 aromatic carbocycles. The van der Waals surface area contributed by atoms with E-state index in [0.29, 0.717) is 0 Å². The Morgan fingerprint density at radius 2 is 1.45 bits per heavy atom. The lowest BCUT2D eigenvalue weighted by molar-refractivity contribution is 0.102. The Bertz CT molecular complexity index is 732. The highest BCUT2D eigenvalue weighted by Crippen LogP contribution is 2.33. The van der Waals surface area contributed by atoms with Crippen LogP contribution in [0.1, 0.15) is 16.6 Å². The summed E-state index contributed by atoms with van der Waals surface area (Å²) in [5.74, 6) is 0.0588. The van der Waals surface area contributed by atoms with E-state index < -0.39 is 0 Å². The van der Waals surface area contributed by atoms with E-state index in [4.69, 9.17) is 0 Å². The predicted octanol–water partition coefficient (Wildman–Crippen LogP) is 4.68. The van der Waals surface area contributed by atoms with Crippen molar-refractivity contribution in [1.82, 2.24) is 4.98 Å². The van der Waals surface area contributed by atoms with Gasteiger partial charge < -0.3 is 0 Å². The molecule has 20 heavy (non-hydrogen) atoms. The Kier molecular flexibility index (Phi) is 3.44. The zero-order valence-corrected chi connectivity index (χ0v) is 11.9. The third kappa shape index (κ3) is 2.40. The van der Waals surface area contributed by atoms with Crippen LogP contribution in [0.4, 0.5) is 0 Å². The smallest absolute Gasteiger partial charge is 0.172 e. The monoisotopic (exact) mass is 279 g/mol. The molecule has 0 saturated carbocycles. The third-order valence-electron chi connectivity index (χ3n) is 3.01. The summed E-state index contributed by atoms with van der Waals surface area (Å²) < 4.78 is 0. The summed E-state index contributed by atoms with van der Waals surface area (Å²) in [5, 5.41) is 0.884. The highest BCUT2D eigenvalue weighted by atomic mass is 32.1. The van der Waals surface area contributed by atoms with Crippen molar-refractivity contribution < 1.29 is 4.79 Å². The van der Waals surface area contributed by atoms with Crippen LogP contribution in [0, 0.1) is 0 Å². The Labute approximate surface area is 121 Å². The number of benzene rings is 2. The number of aromatic nitrogens is 1. The lowest BCUT2D eigenvalue weighted by Gasteiger charge is -1.98. The quantitative estimate of drug-likeness (QED) is 0.652. The van der Waals surface area contributed by atoms with Crippen molar-refractivity contribution >= 4 is 17.1 Å². The third-order valence-corrected chi connectivity index (χ3v) is 4.22. The maximum Gasteiger partial charge on any atom is 0.172 e. The van der Waals surface area contributed by atoms with E-state index in [0.717, 1.165) is 26.7 Å². The summed E-state index contributed by atoms with van der Waals surface area (Å²) in [6, 6.07) is 19.8. The minimum atomic E-state index is 0.0588. The summed E-state index contributed by atoms with van der Waals surface area (Å²) in [5.41, 5.74) is 2.81. The summed E-state index contributed by atoms with van der Waals surface area (Å²) in [6.45, 7) is 1.59. The summed E-state index contributed by atoms with van der Waals surface area (Å²) in [7, 11) is 0. The number of Topliss-reactive ketones (excluding diaryl/α,β-unsaturated/α-hetero) is 1. The van der Waals surface area contributed by atoms with Gasteiger partial charge in [-0.05, 0) is 0 Å². The number of carbonyl (C=O) groups excluding carboxylic acids is 1. The summed E-state index contributed by atoms with van der Waals surface area (Å²) in [4.78, 5) is 17.2. The first-order chi connectivity index (χ1) is 9.75. The minimum absolute atomic E-state index is 0.0588. The van der Waals surface area contributed by atoms with Gasteiger partial charge in [-0.1, -0.05) is 60.7 Å². The van der Waals surface area contributed by atoms with Gasteiger partial charge in [-0.15, -0.1) is 11.3 Å². The molecule has 0 saturated heterocycles. The van der Waals surface area contributed by atoms with E-state index in [1.807, 2.05) is 60.7 Å². The molecule has 0 amide bonds. The fraction of sp³-hybridized carbons (Fsp3) is 0.0588. The first kappa shape index (κ1) is 12.8. The fourth-order valence-corrected chi connectivity index (χ4v) is 3.04. The average molecular weight is 279 g/mol. The molecular weight excluding hydrogens is 266 g/mol. The molecule has 3 heteroatoms. The van der Waals surface area contributed by atoms with Crippen molar-refractivity contribution in [3.63, 3.8) is 0 Å². The maximum atomic E-state index is 11.9. The van der Waals surface area contributed by atoms with Crippen LogP contribution in [0.15, 0.2) is 60.7 Å². The number of rotatable bonds is 3. The van der Waals surface area contributed by atoms with Gasteiger partial charge in [0.2, 0.25) is 0 Å².